The average Bonchev–Trinajstić information content (AvgIpc) is 2.68. The molecule has 3 nitrogen and oxygen atoms in total. The van der Waals surface area contributed by atoms with Gasteiger partial charge in [-0.3, -0.25) is 4.68 Å². The molecule has 1 heterocycles. The summed E-state index contributed by atoms with van der Waals surface area (Å²) in [6.45, 7) is 0.926. The average molecular weight is 147 g/mol. The van der Waals surface area contributed by atoms with Crippen molar-refractivity contribution in [2.75, 3.05) is 0 Å². The molecule has 56 valence electrons. The molecule has 1 saturated carbocycles. The number of hydrogen-bond donors (Lipinski definition) is 0. The second-order valence-electron chi connectivity index (χ2n) is 2.95. The highest BCUT2D eigenvalue weighted by atomic mass is 15.3. The molecule has 0 amide bonds. The van der Waals surface area contributed by atoms with Gasteiger partial charge in [0.2, 0.25) is 0 Å². The zero-order valence-electron chi connectivity index (χ0n) is 6.20. The van der Waals surface area contributed by atoms with E-state index in [2.05, 4.69) is 11.2 Å². The third-order valence-electron chi connectivity index (χ3n) is 1.96. The molecule has 0 spiro atoms. The summed E-state index contributed by atoms with van der Waals surface area (Å²) in [6.07, 6.45) is 4.27. The molecule has 1 aromatic heterocycles. The van der Waals surface area contributed by atoms with Crippen molar-refractivity contribution >= 4 is 0 Å². The quantitative estimate of drug-likeness (QED) is 0.630. The van der Waals surface area contributed by atoms with E-state index in [1.807, 2.05) is 0 Å². The van der Waals surface area contributed by atoms with Gasteiger partial charge in [-0.15, -0.1) is 0 Å². The van der Waals surface area contributed by atoms with Crippen LogP contribution in [0.5, 0.6) is 0 Å². The monoisotopic (exact) mass is 147 g/mol. The highest BCUT2D eigenvalue weighted by Gasteiger charge is 2.22. The van der Waals surface area contributed by atoms with E-state index in [-0.39, 0.29) is 0 Å². The van der Waals surface area contributed by atoms with Crippen molar-refractivity contribution in [1.29, 1.82) is 5.26 Å². The molecule has 11 heavy (non-hydrogen) atoms. The van der Waals surface area contributed by atoms with Crippen LogP contribution in [0.15, 0.2) is 12.3 Å². The summed E-state index contributed by atoms with van der Waals surface area (Å²) in [5.41, 5.74) is 0.678. The molecule has 0 bridgehead atoms. The van der Waals surface area contributed by atoms with Gasteiger partial charge >= 0.3 is 0 Å². The van der Waals surface area contributed by atoms with Crippen molar-refractivity contribution in [3.8, 4) is 6.07 Å². The Labute approximate surface area is 65.3 Å². The Kier molecular flexibility index (Phi) is 1.39. The molecular weight excluding hydrogens is 138 g/mol. The van der Waals surface area contributed by atoms with Crippen molar-refractivity contribution in [3.05, 3.63) is 18.0 Å². The Morgan fingerprint density at radius 1 is 1.73 bits per heavy atom. The van der Waals surface area contributed by atoms with E-state index in [9.17, 15) is 0 Å². The highest BCUT2D eigenvalue weighted by Crippen LogP contribution is 2.30. The minimum Gasteiger partial charge on any atom is -0.255 e. The fourth-order valence-electron chi connectivity index (χ4n) is 1.12. The van der Waals surface area contributed by atoms with Gasteiger partial charge in [0, 0.05) is 6.54 Å². The first-order valence-corrected chi connectivity index (χ1v) is 3.82. The van der Waals surface area contributed by atoms with E-state index in [4.69, 9.17) is 5.26 Å². The van der Waals surface area contributed by atoms with Gasteiger partial charge in [-0.1, -0.05) is 0 Å². The maximum Gasteiger partial charge on any atom is 0.138 e. The molecule has 0 N–H and O–H groups in total. The minimum absolute atomic E-state index is 0.678. The summed E-state index contributed by atoms with van der Waals surface area (Å²) in [4.78, 5) is 0. The zero-order chi connectivity index (χ0) is 7.68. The van der Waals surface area contributed by atoms with Crippen molar-refractivity contribution in [1.82, 2.24) is 9.78 Å². The molecule has 0 radical (unpaired) electrons. The minimum atomic E-state index is 0.678. The number of nitriles is 1. The van der Waals surface area contributed by atoms with Crippen LogP contribution in [0.2, 0.25) is 0 Å². The Bertz CT molecular complexity index is 291. The lowest BCUT2D eigenvalue weighted by atomic mass is 10.4. The summed E-state index contributed by atoms with van der Waals surface area (Å²) >= 11 is 0. The third kappa shape index (κ3) is 1.25. The third-order valence-corrected chi connectivity index (χ3v) is 1.96. The van der Waals surface area contributed by atoms with Gasteiger partial charge in [-0.05, 0) is 24.8 Å². The van der Waals surface area contributed by atoms with Crippen LogP contribution < -0.4 is 0 Å². The second kappa shape index (κ2) is 2.39. The lowest BCUT2D eigenvalue weighted by molar-refractivity contribution is 0.557. The molecule has 1 fully saturated rings. The summed E-state index contributed by atoms with van der Waals surface area (Å²) in [7, 11) is 0. The molecule has 0 aromatic carbocycles. The van der Waals surface area contributed by atoms with Crippen LogP contribution in [-0.2, 0) is 6.54 Å². The second-order valence-corrected chi connectivity index (χ2v) is 2.95. The smallest absolute Gasteiger partial charge is 0.138 e. The lowest BCUT2D eigenvalue weighted by Gasteiger charge is -1.98. The van der Waals surface area contributed by atoms with Gasteiger partial charge < -0.3 is 0 Å². The molecule has 1 aliphatic carbocycles. The van der Waals surface area contributed by atoms with Gasteiger partial charge in [0.1, 0.15) is 11.8 Å². The van der Waals surface area contributed by atoms with E-state index in [0.717, 1.165) is 12.5 Å². The van der Waals surface area contributed by atoms with E-state index in [0.29, 0.717) is 5.69 Å². The Hall–Kier alpha value is -1.30. The molecule has 1 aromatic rings. The van der Waals surface area contributed by atoms with Crippen LogP contribution in [-0.4, -0.2) is 9.78 Å². The zero-order valence-corrected chi connectivity index (χ0v) is 6.20. The molecular formula is C8H9N3. The predicted octanol–water partition coefficient (Wildman–Crippen LogP) is 1.16. The van der Waals surface area contributed by atoms with Crippen LogP contribution in [0.3, 0.4) is 0 Å². The number of nitrogens with zero attached hydrogens (tertiary/aromatic N) is 3. The first-order chi connectivity index (χ1) is 5.40. The Morgan fingerprint density at radius 3 is 3.18 bits per heavy atom. The van der Waals surface area contributed by atoms with E-state index in [1.165, 1.54) is 12.8 Å². The summed E-state index contributed by atoms with van der Waals surface area (Å²) < 4.78 is 1.79. The Morgan fingerprint density at radius 2 is 2.55 bits per heavy atom. The van der Waals surface area contributed by atoms with Crippen LogP contribution in [0.25, 0.3) is 0 Å². The summed E-state index contributed by atoms with van der Waals surface area (Å²) in [6, 6.07) is 3.86. The first-order valence-electron chi connectivity index (χ1n) is 3.82. The van der Waals surface area contributed by atoms with Gasteiger partial charge in [-0.2, -0.15) is 10.4 Å². The van der Waals surface area contributed by atoms with Crippen LogP contribution in [0.1, 0.15) is 18.5 Å². The van der Waals surface area contributed by atoms with Gasteiger partial charge in [0.25, 0.3) is 0 Å². The summed E-state index contributed by atoms with van der Waals surface area (Å²) in [5.74, 6) is 0.780. The van der Waals surface area contributed by atoms with Crippen LogP contribution >= 0.6 is 0 Å². The standard InChI is InChI=1S/C8H9N3/c9-5-8-3-4-10-11(8)6-7-1-2-7/h3-4,7H,1-2,6H2. The highest BCUT2D eigenvalue weighted by molar-refractivity contribution is 5.18. The van der Waals surface area contributed by atoms with Crippen LogP contribution in [0, 0.1) is 17.2 Å². The largest absolute Gasteiger partial charge is 0.255 e. The topological polar surface area (TPSA) is 41.6 Å². The molecule has 2 rings (SSSR count). The van der Waals surface area contributed by atoms with E-state index < -0.39 is 0 Å². The van der Waals surface area contributed by atoms with Crippen molar-refractivity contribution in [2.45, 2.75) is 19.4 Å². The van der Waals surface area contributed by atoms with Gasteiger partial charge in [0.15, 0.2) is 0 Å². The van der Waals surface area contributed by atoms with Gasteiger partial charge in [0.05, 0.1) is 6.20 Å². The number of rotatable bonds is 2. The first kappa shape index (κ1) is 6.41. The normalized spacial score (nSPS) is 16.3. The van der Waals surface area contributed by atoms with Crippen molar-refractivity contribution in [3.63, 3.8) is 0 Å². The fraction of sp³-hybridized carbons (Fsp3) is 0.500. The molecule has 0 atom stereocenters. The molecule has 3 heteroatoms. The SMILES string of the molecule is N#Cc1ccnn1CC1CC1. The molecule has 0 aliphatic heterocycles. The molecule has 0 unspecified atom stereocenters. The van der Waals surface area contributed by atoms with E-state index >= 15 is 0 Å². The van der Waals surface area contributed by atoms with Crippen molar-refractivity contribution in [2.24, 2.45) is 5.92 Å². The molecule has 1 aliphatic rings. The van der Waals surface area contributed by atoms with Crippen molar-refractivity contribution < 1.29 is 0 Å². The maximum absolute atomic E-state index is 8.63. The number of hydrogen-bond acceptors (Lipinski definition) is 2. The van der Waals surface area contributed by atoms with E-state index in [1.54, 1.807) is 16.9 Å². The molecule has 0 saturated heterocycles. The maximum atomic E-state index is 8.63. The van der Waals surface area contributed by atoms with Gasteiger partial charge in [-0.25, -0.2) is 0 Å². The predicted molar refractivity (Wildman–Crippen MR) is 39.7 cm³/mol. The number of aromatic nitrogens is 2. The summed E-state index contributed by atoms with van der Waals surface area (Å²) in [5, 5.41) is 12.7. The van der Waals surface area contributed by atoms with Crippen LogP contribution in [0.4, 0.5) is 0 Å². The fourth-order valence-corrected chi connectivity index (χ4v) is 1.12. The Balaban J connectivity index is 2.15. The lowest BCUT2D eigenvalue weighted by Crippen LogP contribution is -2.03.